The van der Waals surface area contributed by atoms with E-state index in [2.05, 4.69) is 19.2 Å². The van der Waals surface area contributed by atoms with Crippen LogP contribution in [-0.4, -0.2) is 17.9 Å². The maximum atomic E-state index is 15.0. The number of hydrogen-bond donors (Lipinski definition) is 1. The van der Waals surface area contributed by atoms with Gasteiger partial charge < -0.3 is 9.73 Å². The topological polar surface area (TPSA) is 62.6 Å². The van der Waals surface area contributed by atoms with Gasteiger partial charge in [-0.05, 0) is 54.7 Å². The summed E-state index contributed by atoms with van der Waals surface area (Å²) >= 11 is 0. The summed E-state index contributed by atoms with van der Waals surface area (Å²) in [6.45, 7) is 4.16. The van der Waals surface area contributed by atoms with Gasteiger partial charge in [0.05, 0.1) is 6.26 Å². The summed E-state index contributed by atoms with van der Waals surface area (Å²) in [5, 5.41) is 3.05. The fourth-order valence-electron chi connectivity index (χ4n) is 4.37. The van der Waals surface area contributed by atoms with E-state index in [4.69, 9.17) is 4.42 Å². The van der Waals surface area contributed by atoms with Gasteiger partial charge in [-0.25, -0.2) is 4.39 Å². The predicted molar refractivity (Wildman–Crippen MR) is 126 cm³/mol. The molecule has 5 nitrogen and oxygen atoms in total. The van der Waals surface area contributed by atoms with Gasteiger partial charge in [0.1, 0.15) is 11.9 Å². The van der Waals surface area contributed by atoms with Crippen molar-refractivity contribution in [1.29, 1.82) is 0 Å². The first-order valence-corrected chi connectivity index (χ1v) is 11.5. The van der Waals surface area contributed by atoms with Crippen molar-refractivity contribution in [2.24, 2.45) is 0 Å². The number of benzene rings is 2. The molecule has 0 radical (unpaired) electrons. The molecule has 172 valence electrons. The lowest BCUT2D eigenvalue weighted by atomic mass is 9.99. The zero-order chi connectivity index (χ0) is 23.4. The molecule has 1 heterocycles. The second-order valence-electron chi connectivity index (χ2n) is 8.81. The summed E-state index contributed by atoms with van der Waals surface area (Å²) < 4.78 is 20.4. The van der Waals surface area contributed by atoms with Crippen LogP contribution in [0.25, 0.3) is 0 Å². The van der Waals surface area contributed by atoms with Crippen LogP contribution >= 0.6 is 0 Å². The molecule has 6 heteroatoms. The Hall–Kier alpha value is -3.41. The summed E-state index contributed by atoms with van der Waals surface area (Å²) in [5.41, 5.74) is 1.73. The normalized spacial score (nSPS) is 14.9. The van der Waals surface area contributed by atoms with Crippen molar-refractivity contribution in [3.8, 4) is 0 Å². The van der Waals surface area contributed by atoms with Crippen molar-refractivity contribution in [1.82, 2.24) is 5.32 Å². The van der Waals surface area contributed by atoms with E-state index in [1.807, 2.05) is 12.1 Å². The Morgan fingerprint density at radius 1 is 1.00 bits per heavy atom. The Morgan fingerprint density at radius 2 is 1.70 bits per heavy atom. The third kappa shape index (κ3) is 5.00. The number of hydrogen-bond acceptors (Lipinski definition) is 3. The van der Waals surface area contributed by atoms with Crippen molar-refractivity contribution in [3.05, 3.63) is 89.6 Å². The van der Waals surface area contributed by atoms with Crippen LogP contribution in [0.4, 0.5) is 10.1 Å². The number of anilines is 1. The molecule has 1 aliphatic carbocycles. The van der Waals surface area contributed by atoms with Gasteiger partial charge in [0, 0.05) is 17.3 Å². The van der Waals surface area contributed by atoms with Crippen LogP contribution in [0.2, 0.25) is 0 Å². The molecule has 33 heavy (non-hydrogen) atoms. The lowest BCUT2D eigenvalue weighted by Gasteiger charge is -2.32. The number of furan rings is 1. The number of nitrogens with zero attached hydrogens (tertiary/aromatic N) is 1. The summed E-state index contributed by atoms with van der Waals surface area (Å²) in [7, 11) is 0. The van der Waals surface area contributed by atoms with Crippen molar-refractivity contribution in [3.63, 3.8) is 0 Å². The van der Waals surface area contributed by atoms with E-state index in [1.54, 1.807) is 42.5 Å². The van der Waals surface area contributed by atoms with Crippen molar-refractivity contribution in [2.75, 3.05) is 4.90 Å². The van der Waals surface area contributed by atoms with Crippen LogP contribution in [0, 0.1) is 5.82 Å². The van der Waals surface area contributed by atoms with Crippen molar-refractivity contribution in [2.45, 2.75) is 57.5 Å². The second-order valence-corrected chi connectivity index (χ2v) is 8.81. The highest BCUT2D eigenvalue weighted by Crippen LogP contribution is 2.33. The molecule has 0 spiro atoms. The standard InChI is InChI=1S/C27H29FN2O3/c1-18(2)19-13-15-21(16-14-19)30(27(32)24-12-7-17-33-24)25(22-10-5-6-11-23(22)28)26(31)29-20-8-3-4-9-20/h5-7,10-18,20,25H,3-4,8-9H2,1-2H3,(H,29,31). The van der Waals surface area contributed by atoms with Gasteiger partial charge in [0.15, 0.2) is 5.76 Å². The summed E-state index contributed by atoms with van der Waals surface area (Å²) in [5.74, 6) is -1.06. The zero-order valence-electron chi connectivity index (χ0n) is 19.0. The third-order valence-corrected chi connectivity index (χ3v) is 6.20. The molecule has 2 aromatic carbocycles. The molecule has 1 atom stereocenters. The molecule has 0 bridgehead atoms. The van der Waals surface area contributed by atoms with E-state index in [0.717, 1.165) is 31.2 Å². The Balaban J connectivity index is 1.82. The first-order valence-electron chi connectivity index (χ1n) is 11.5. The van der Waals surface area contributed by atoms with Gasteiger partial charge in [0.2, 0.25) is 5.91 Å². The third-order valence-electron chi connectivity index (χ3n) is 6.20. The molecular formula is C27H29FN2O3. The minimum absolute atomic E-state index is 0.0238. The fraction of sp³-hybridized carbons (Fsp3) is 0.333. The SMILES string of the molecule is CC(C)c1ccc(N(C(=O)c2ccco2)C(C(=O)NC2CCCC2)c2ccccc2F)cc1. The molecule has 1 saturated carbocycles. The highest BCUT2D eigenvalue weighted by molar-refractivity contribution is 6.08. The molecule has 1 unspecified atom stereocenters. The molecule has 1 fully saturated rings. The van der Waals surface area contributed by atoms with Gasteiger partial charge in [-0.3, -0.25) is 14.5 Å². The van der Waals surface area contributed by atoms with Gasteiger partial charge in [0.25, 0.3) is 5.91 Å². The molecule has 0 saturated heterocycles. The maximum Gasteiger partial charge on any atom is 0.294 e. The molecule has 1 aromatic heterocycles. The number of nitrogens with one attached hydrogen (secondary N) is 1. The van der Waals surface area contributed by atoms with Crippen molar-refractivity contribution < 1.29 is 18.4 Å². The molecule has 3 aromatic rings. The van der Waals surface area contributed by atoms with E-state index < -0.39 is 23.7 Å². The first kappa shape index (κ1) is 22.8. The molecule has 2 amide bonds. The summed E-state index contributed by atoms with van der Waals surface area (Å²) in [4.78, 5) is 28.6. The van der Waals surface area contributed by atoms with E-state index in [9.17, 15) is 9.59 Å². The smallest absolute Gasteiger partial charge is 0.294 e. The number of carbonyl (C=O) groups excluding carboxylic acids is 2. The van der Waals surface area contributed by atoms with Gasteiger partial charge in [-0.1, -0.05) is 57.0 Å². The van der Waals surface area contributed by atoms with E-state index in [0.29, 0.717) is 11.6 Å². The van der Waals surface area contributed by atoms with Crippen LogP contribution in [-0.2, 0) is 4.79 Å². The maximum absolute atomic E-state index is 15.0. The minimum atomic E-state index is -1.19. The minimum Gasteiger partial charge on any atom is -0.459 e. The zero-order valence-corrected chi connectivity index (χ0v) is 19.0. The highest BCUT2D eigenvalue weighted by atomic mass is 19.1. The highest BCUT2D eigenvalue weighted by Gasteiger charge is 2.37. The molecule has 0 aliphatic heterocycles. The Bertz CT molecular complexity index is 1090. The lowest BCUT2D eigenvalue weighted by molar-refractivity contribution is -0.123. The van der Waals surface area contributed by atoms with E-state index >= 15 is 4.39 Å². The molecular weight excluding hydrogens is 419 g/mol. The first-order chi connectivity index (χ1) is 16.0. The predicted octanol–water partition coefficient (Wildman–Crippen LogP) is 5.99. The average Bonchev–Trinajstić information content (AvgIpc) is 3.52. The Kier molecular flexibility index (Phi) is 6.92. The van der Waals surface area contributed by atoms with Crippen LogP contribution < -0.4 is 10.2 Å². The number of halogens is 1. The Morgan fingerprint density at radius 3 is 2.30 bits per heavy atom. The molecule has 1 aliphatic rings. The van der Waals surface area contributed by atoms with Crippen LogP contribution in [0.15, 0.2) is 71.3 Å². The number of carbonyl (C=O) groups is 2. The van der Waals surface area contributed by atoms with Crippen LogP contribution in [0.3, 0.4) is 0 Å². The monoisotopic (exact) mass is 448 g/mol. The molecule has 4 rings (SSSR count). The summed E-state index contributed by atoms with van der Waals surface area (Å²) in [6, 6.07) is 15.6. The number of amides is 2. The van der Waals surface area contributed by atoms with Gasteiger partial charge in [-0.2, -0.15) is 0 Å². The lowest BCUT2D eigenvalue weighted by Crippen LogP contribution is -2.46. The number of rotatable bonds is 7. The molecule has 1 N–H and O–H groups in total. The largest absolute Gasteiger partial charge is 0.459 e. The van der Waals surface area contributed by atoms with E-state index in [1.165, 1.54) is 17.2 Å². The van der Waals surface area contributed by atoms with E-state index in [-0.39, 0.29) is 17.4 Å². The van der Waals surface area contributed by atoms with Gasteiger partial charge in [-0.15, -0.1) is 0 Å². The van der Waals surface area contributed by atoms with Crippen molar-refractivity contribution >= 4 is 17.5 Å². The quantitative estimate of drug-likeness (QED) is 0.483. The van der Waals surface area contributed by atoms with Crippen LogP contribution in [0.5, 0.6) is 0 Å². The average molecular weight is 449 g/mol. The second kappa shape index (κ2) is 10.0. The summed E-state index contributed by atoms with van der Waals surface area (Å²) in [6.07, 6.45) is 5.25. The fourth-order valence-corrected chi connectivity index (χ4v) is 4.37. The van der Waals surface area contributed by atoms with Gasteiger partial charge >= 0.3 is 0 Å². The Labute approximate surface area is 193 Å². The van der Waals surface area contributed by atoms with Crippen LogP contribution in [0.1, 0.15) is 73.2 Å².